The molecule has 180 valence electrons. The molecule has 7 heteroatoms. The van der Waals surface area contributed by atoms with Gasteiger partial charge in [0.25, 0.3) is 0 Å². The van der Waals surface area contributed by atoms with Crippen LogP contribution in [0.2, 0.25) is 0 Å². The van der Waals surface area contributed by atoms with E-state index in [0.29, 0.717) is 24.7 Å². The lowest BCUT2D eigenvalue weighted by Crippen LogP contribution is -2.68. The largest absolute Gasteiger partial charge is 0.481 e. The summed E-state index contributed by atoms with van der Waals surface area (Å²) in [5, 5.41) is 40.9. The number of esters is 1. The van der Waals surface area contributed by atoms with Gasteiger partial charge in [-0.1, -0.05) is 34.1 Å². The Morgan fingerprint density at radius 1 is 1.13 bits per heavy atom. The molecular weight excluding hydrogens is 400 g/mol. The Morgan fingerprint density at radius 2 is 1.77 bits per heavy atom. The predicted octanol–water partition coefficient (Wildman–Crippen LogP) is 3.14. The summed E-state index contributed by atoms with van der Waals surface area (Å²) in [6.07, 6.45) is 2.48. The molecule has 0 radical (unpaired) electrons. The number of aliphatic hydroxyl groups is 3. The molecule has 4 N–H and O–H groups in total. The van der Waals surface area contributed by atoms with E-state index in [4.69, 9.17) is 9.84 Å². The van der Waals surface area contributed by atoms with Crippen LogP contribution < -0.4 is 0 Å². The summed E-state index contributed by atoms with van der Waals surface area (Å²) >= 11 is 0. The third-order valence-corrected chi connectivity index (χ3v) is 8.95. The molecule has 0 aromatic carbocycles. The van der Waals surface area contributed by atoms with Crippen molar-refractivity contribution in [3.05, 3.63) is 0 Å². The Balaban J connectivity index is 1.98. The fraction of sp³-hybridized carbons (Fsp3) is 0.917. The van der Waals surface area contributed by atoms with E-state index in [2.05, 4.69) is 27.7 Å². The van der Waals surface area contributed by atoms with Crippen molar-refractivity contribution >= 4 is 11.9 Å². The predicted molar refractivity (Wildman–Crippen MR) is 116 cm³/mol. The summed E-state index contributed by atoms with van der Waals surface area (Å²) in [4.78, 5) is 22.1. The molecule has 0 spiro atoms. The van der Waals surface area contributed by atoms with Crippen LogP contribution in [0.15, 0.2) is 0 Å². The Hall–Kier alpha value is -1.18. The van der Waals surface area contributed by atoms with Crippen molar-refractivity contribution in [2.45, 2.75) is 104 Å². The van der Waals surface area contributed by atoms with Gasteiger partial charge in [-0.05, 0) is 62.2 Å². The zero-order valence-corrected chi connectivity index (χ0v) is 19.8. The molecule has 8 atom stereocenters. The summed E-state index contributed by atoms with van der Waals surface area (Å²) in [7, 11) is 0. The molecule has 2 aliphatic rings. The lowest BCUT2D eigenvalue weighted by Gasteiger charge is -2.64. The highest BCUT2D eigenvalue weighted by molar-refractivity contribution is 5.76. The van der Waals surface area contributed by atoms with Crippen LogP contribution in [-0.4, -0.2) is 56.8 Å². The molecule has 2 aliphatic carbocycles. The molecular formula is C24H42O7. The number of aliphatic carboxylic acids is 1. The Labute approximate surface area is 186 Å². The van der Waals surface area contributed by atoms with Gasteiger partial charge in [0.2, 0.25) is 0 Å². The van der Waals surface area contributed by atoms with E-state index in [1.165, 1.54) is 0 Å². The number of aliphatic hydroxyl groups excluding tert-OH is 2. The second-order valence-corrected chi connectivity index (χ2v) is 10.9. The minimum atomic E-state index is -1.34. The average Bonchev–Trinajstić information content (AvgIpc) is 2.69. The van der Waals surface area contributed by atoms with Crippen molar-refractivity contribution in [3.8, 4) is 0 Å². The first-order valence-electron chi connectivity index (χ1n) is 11.7. The summed E-state index contributed by atoms with van der Waals surface area (Å²) in [6.45, 7) is 10.7. The van der Waals surface area contributed by atoms with Crippen molar-refractivity contribution in [1.29, 1.82) is 0 Å². The molecule has 2 rings (SSSR count). The minimum Gasteiger partial charge on any atom is -0.481 e. The first-order chi connectivity index (χ1) is 14.3. The number of ether oxygens (including phenoxy) is 1. The second kappa shape index (κ2) is 9.75. The van der Waals surface area contributed by atoms with Crippen LogP contribution in [0, 0.1) is 28.6 Å². The van der Waals surface area contributed by atoms with Crippen molar-refractivity contribution in [3.63, 3.8) is 0 Å². The third-order valence-electron chi connectivity index (χ3n) is 8.95. The number of hydrogen-bond donors (Lipinski definition) is 4. The molecule has 0 unspecified atom stereocenters. The van der Waals surface area contributed by atoms with Gasteiger partial charge in [-0.25, -0.2) is 0 Å². The van der Waals surface area contributed by atoms with Crippen molar-refractivity contribution < 1.29 is 34.8 Å². The van der Waals surface area contributed by atoms with Crippen molar-refractivity contribution in [1.82, 2.24) is 0 Å². The lowest BCUT2D eigenvalue weighted by molar-refractivity contribution is -0.264. The first-order valence-corrected chi connectivity index (χ1v) is 11.7. The lowest BCUT2D eigenvalue weighted by atomic mass is 9.42. The highest BCUT2D eigenvalue weighted by Gasteiger charge is 2.64. The minimum absolute atomic E-state index is 0.0788. The van der Waals surface area contributed by atoms with Gasteiger partial charge in [-0.3, -0.25) is 9.59 Å². The zero-order valence-electron chi connectivity index (χ0n) is 19.8. The zero-order chi connectivity index (χ0) is 23.6. The fourth-order valence-electron chi connectivity index (χ4n) is 6.09. The standard InChI is InChI=1S/C24H42O7/c1-15(10-13-31-20(28)7-6-19(26)27)8-11-22(3)16(2)9-12-23(4)18(22)14-17(25)21(29)24(23,5)30/h15-18,21,25,29-30H,6-14H2,1-5H3,(H,26,27)/t15-,16+,17-,18+,21+,22+,23+,24-/m0/s1. The van der Waals surface area contributed by atoms with Crippen LogP contribution in [0.1, 0.15) is 86.0 Å². The highest BCUT2D eigenvalue weighted by atomic mass is 16.5. The van der Waals surface area contributed by atoms with Gasteiger partial charge in [0.15, 0.2) is 0 Å². The van der Waals surface area contributed by atoms with Gasteiger partial charge < -0.3 is 25.2 Å². The second-order valence-electron chi connectivity index (χ2n) is 10.9. The molecule has 0 aromatic heterocycles. The Morgan fingerprint density at radius 3 is 2.39 bits per heavy atom. The maximum absolute atomic E-state index is 11.6. The molecule has 0 aromatic rings. The monoisotopic (exact) mass is 442 g/mol. The number of carboxylic acid groups (broad SMARTS) is 1. The van der Waals surface area contributed by atoms with E-state index in [0.717, 1.165) is 25.7 Å². The van der Waals surface area contributed by atoms with E-state index in [1.807, 2.05) is 0 Å². The smallest absolute Gasteiger partial charge is 0.306 e. The number of hydrogen-bond acceptors (Lipinski definition) is 6. The van der Waals surface area contributed by atoms with Gasteiger partial charge in [0.1, 0.15) is 6.10 Å². The molecule has 2 saturated carbocycles. The van der Waals surface area contributed by atoms with Crippen LogP contribution in [-0.2, 0) is 14.3 Å². The van der Waals surface area contributed by atoms with Gasteiger partial charge in [-0.2, -0.15) is 0 Å². The summed E-state index contributed by atoms with van der Waals surface area (Å²) in [5.74, 6) is -0.631. The number of carboxylic acids is 1. The summed E-state index contributed by atoms with van der Waals surface area (Å²) in [5.41, 5.74) is -1.88. The Bertz CT molecular complexity index is 648. The van der Waals surface area contributed by atoms with Gasteiger partial charge in [0, 0.05) is 5.41 Å². The van der Waals surface area contributed by atoms with E-state index in [9.17, 15) is 24.9 Å². The normalized spacial score (nSPS) is 41.3. The fourth-order valence-corrected chi connectivity index (χ4v) is 6.09. The molecule has 0 amide bonds. The maximum atomic E-state index is 11.6. The SMILES string of the molecule is C[C@H](CCOC(=O)CCC(=O)O)CC[C@]1(C)[C@H](C)CC[C@]2(C)[C@@H]1C[C@H](O)[C@@H](O)[C@]2(C)O. The van der Waals surface area contributed by atoms with Gasteiger partial charge in [-0.15, -0.1) is 0 Å². The molecule has 0 aliphatic heterocycles. The summed E-state index contributed by atoms with van der Waals surface area (Å²) < 4.78 is 5.16. The molecule has 0 saturated heterocycles. The van der Waals surface area contributed by atoms with Crippen molar-refractivity contribution in [2.75, 3.05) is 6.61 Å². The maximum Gasteiger partial charge on any atom is 0.306 e. The number of rotatable bonds is 9. The third kappa shape index (κ3) is 5.25. The van der Waals surface area contributed by atoms with Gasteiger partial charge >= 0.3 is 11.9 Å². The van der Waals surface area contributed by atoms with E-state index < -0.39 is 35.2 Å². The van der Waals surface area contributed by atoms with Crippen LogP contribution in [0.5, 0.6) is 0 Å². The number of fused-ring (bicyclic) bond motifs is 1. The quantitative estimate of drug-likeness (QED) is 0.404. The number of carbonyl (C=O) groups is 2. The van der Waals surface area contributed by atoms with Crippen LogP contribution in [0.25, 0.3) is 0 Å². The molecule has 31 heavy (non-hydrogen) atoms. The van der Waals surface area contributed by atoms with Gasteiger partial charge in [0.05, 0.1) is 31.2 Å². The molecule has 0 heterocycles. The summed E-state index contributed by atoms with van der Waals surface area (Å²) in [6, 6.07) is 0. The molecule has 0 bridgehead atoms. The van der Waals surface area contributed by atoms with Crippen LogP contribution in [0.3, 0.4) is 0 Å². The van der Waals surface area contributed by atoms with Crippen LogP contribution in [0.4, 0.5) is 0 Å². The van der Waals surface area contributed by atoms with E-state index in [1.54, 1.807) is 6.92 Å². The molecule has 7 nitrogen and oxygen atoms in total. The van der Waals surface area contributed by atoms with Crippen LogP contribution >= 0.6 is 0 Å². The van der Waals surface area contributed by atoms with E-state index >= 15 is 0 Å². The highest BCUT2D eigenvalue weighted by Crippen LogP contribution is 2.64. The molecule has 2 fully saturated rings. The van der Waals surface area contributed by atoms with E-state index in [-0.39, 0.29) is 30.8 Å². The topological polar surface area (TPSA) is 124 Å². The number of carbonyl (C=O) groups excluding carboxylic acids is 1. The first kappa shape index (κ1) is 26.1. The van der Waals surface area contributed by atoms with Crippen molar-refractivity contribution in [2.24, 2.45) is 28.6 Å². The average molecular weight is 443 g/mol. The Kier molecular flexibility index (Phi) is 8.20.